The largest absolute Gasteiger partial charge is 0.504 e. The first-order chi connectivity index (χ1) is 11.0. The SMILES string of the molecule is CC(C)Cc1c(O)c2c(c(CC(C)C)c1CC(C)C)OS(=O)(=O)O2. The van der Waals surface area contributed by atoms with Crippen molar-refractivity contribution in [1.29, 1.82) is 0 Å². The molecule has 0 spiro atoms. The zero-order valence-electron chi connectivity index (χ0n) is 15.3. The first-order valence-electron chi connectivity index (χ1n) is 8.55. The van der Waals surface area contributed by atoms with Crippen molar-refractivity contribution in [3.05, 3.63) is 16.7 Å². The monoisotopic (exact) mass is 356 g/mol. The molecule has 5 nitrogen and oxygen atoms in total. The Morgan fingerprint density at radius 1 is 0.750 bits per heavy atom. The molecule has 1 N–H and O–H groups in total. The maximum atomic E-state index is 11.8. The van der Waals surface area contributed by atoms with Gasteiger partial charge in [0.25, 0.3) is 0 Å². The molecular formula is C18H28O5S. The summed E-state index contributed by atoms with van der Waals surface area (Å²) < 4.78 is 33.6. The summed E-state index contributed by atoms with van der Waals surface area (Å²) in [4.78, 5) is 0. The second-order valence-corrected chi connectivity index (χ2v) is 8.96. The molecule has 0 bridgehead atoms. The Hall–Kier alpha value is -1.43. The summed E-state index contributed by atoms with van der Waals surface area (Å²) in [5.74, 6) is 1.05. The minimum atomic E-state index is -4.14. The smallest absolute Gasteiger partial charge is 0.501 e. The van der Waals surface area contributed by atoms with Gasteiger partial charge in [0.2, 0.25) is 5.75 Å². The van der Waals surface area contributed by atoms with Crippen molar-refractivity contribution in [2.24, 2.45) is 17.8 Å². The lowest BCUT2D eigenvalue weighted by molar-refractivity contribution is 0.414. The molecule has 1 heterocycles. The van der Waals surface area contributed by atoms with Crippen LogP contribution < -0.4 is 8.37 Å². The number of benzene rings is 1. The van der Waals surface area contributed by atoms with Crippen LogP contribution in [0.4, 0.5) is 0 Å². The summed E-state index contributed by atoms with van der Waals surface area (Å²) >= 11 is 0. The van der Waals surface area contributed by atoms with Crippen LogP contribution in [-0.2, 0) is 29.7 Å². The Labute approximate surface area is 145 Å². The van der Waals surface area contributed by atoms with E-state index in [1.807, 2.05) is 0 Å². The van der Waals surface area contributed by atoms with E-state index in [-0.39, 0.29) is 17.2 Å². The lowest BCUT2D eigenvalue weighted by atomic mass is 9.85. The molecule has 136 valence electrons. The second kappa shape index (κ2) is 6.82. The van der Waals surface area contributed by atoms with Gasteiger partial charge in [0.1, 0.15) is 0 Å². The van der Waals surface area contributed by atoms with E-state index in [1.165, 1.54) is 0 Å². The quantitative estimate of drug-likeness (QED) is 0.834. The van der Waals surface area contributed by atoms with Gasteiger partial charge in [-0.1, -0.05) is 41.5 Å². The predicted molar refractivity (Wildman–Crippen MR) is 93.9 cm³/mol. The summed E-state index contributed by atoms with van der Waals surface area (Å²) in [6.45, 7) is 12.5. The number of phenolic OH excluding ortho intramolecular Hbond substituents is 1. The Morgan fingerprint density at radius 3 is 1.67 bits per heavy atom. The van der Waals surface area contributed by atoms with Crippen molar-refractivity contribution in [1.82, 2.24) is 0 Å². The van der Waals surface area contributed by atoms with Crippen LogP contribution in [0.3, 0.4) is 0 Å². The maximum absolute atomic E-state index is 11.8. The zero-order valence-corrected chi connectivity index (χ0v) is 16.2. The van der Waals surface area contributed by atoms with Crippen molar-refractivity contribution in [3.8, 4) is 17.2 Å². The minimum absolute atomic E-state index is 0.0474. The molecule has 1 aromatic carbocycles. The highest BCUT2D eigenvalue weighted by Gasteiger charge is 2.37. The van der Waals surface area contributed by atoms with Crippen LogP contribution in [0.5, 0.6) is 17.2 Å². The Balaban J connectivity index is 2.75. The molecule has 0 unspecified atom stereocenters. The van der Waals surface area contributed by atoms with Crippen LogP contribution in [0.2, 0.25) is 0 Å². The van der Waals surface area contributed by atoms with E-state index in [9.17, 15) is 13.5 Å². The number of phenols is 1. The molecule has 1 aliphatic rings. The van der Waals surface area contributed by atoms with Gasteiger partial charge in [-0.3, -0.25) is 0 Å². The van der Waals surface area contributed by atoms with Gasteiger partial charge in [0.15, 0.2) is 11.5 Å². The Morgan fingerprint density at radius 2 is 1.17 bits per heavy atom. The molecule has 0 saturated heterocycles. The normalized spacial score (nSPS) is 15.7. The van der Waals surface area contributed by atoms with Gasteiger partial charge in [-0.05, 0) is 42.6 Å². The lowest BCUT2D eigenvalue weighted by Crippen LogP contribution is -2.11. The number of hydrogen-bond acceptors (Lipinski definition) is 5. The van der Waals surface area contributed by atoms with Crippen LogP contribution in [-0.4, -0.2) is 13.5 Å². The van der Waals surface area contributed by atoms with Crippen molar-refractivity contribution in [2.45, 2.75) is 60.8 Å². The van der Waals surface area contributed by atoms with Gasteiger partial charge in [0.05, 0.1) is 0 Å². The highest BCUT2D eigenvalue weighted by Crippen LogP contribution is 2.51. The second-order valence-electron chi connectivity index (χ2n) is 7.81. The first-order valence-corrected chi connectivity index (χ1v) is 9.88. The van der Waals surface area contributed by atoms with Gasteiger partial charge in [-0.2, -0.15) is 0 Å². The number of fused-ring (bicyclic) bond motifs is 1. The number of rotatable bonds is 6. The van der Waals surface area contributed by atoms with Crippen molar-refractivity contribution >= 4 is 10.4 Å². The third-order valence-corrected chi connectivity index (χ3v) is 4.66. The summed E-state index contributed by atoms with van der Waals surface area (Å²) in [5, 5.41) is 10.7. The Kier molecular flexibility index (Phi) is 5.37. The molecule has 0 saturated carbocycles. The van der Waals surface area contributed by atoms with Crippen molar-refractivity contribution < 1.29 is 21.9 Å². The molecule has 1 aromatic rings. The van der Waals surface area contributed by atoms with E-state index in [1.54, 1.807) is 0 Å². The molecule has 2 rings (SSSR count). The molecule has 6 heteroatoms. The van der Waals surface area contributed by atoms with Crippen LogP contribution in [0, 0.1) is 17.8 Å². The number of hydrogen-bond donors (Lipinski definition) is 1. The molecule has 0 radical (unpaired) electrons. The van der Waals surface area contributed by atoms with Crippen LogP contribution in [0.15, 0.2) is 0 Å². The average Bonchev–Trinajstić information content (AvgIpc) is 2.73. The molecule has 0 aliphatic carbocycles. The molecule has 0 fully saturated rings. The fourth-order valence-corrected chi connectivity index (χ4v) is 3.91. The van der Waals surface area contributed by atoms with Crippen LogP contribution in [0.1, 0.15) is 58.2 Å². The standard InChI is InChI=1S/C18H28O5S/c1-10(2)7-13-14(8-11(3)4)16(19)18-17(15(13)9-12(5)6)22-24(20,21)23-18/h10-12,19H,7-9H2,1-6H3. The first kappa shape index (κ1) is 18.9. The molecule has 0 aromatic heterocycles. The third-order valence-electron chi connectivity index (χ3n) is 3.92. The predicted octanol–water partition coefficient (Wildman–Crippen LogP) is 4.00. The van der Waals surface area contributed by atoms with E-state index in [4.69, 9.17) is 8.37 Å². The highest BCUT2D eigenvalue weighted by molar-refractivity contribution is 7.82. The van der Waals surface area contributed by atoms with Gasteiger partial charge in [-0.15, -0.1) is 8.42 Å². The third kappa shape index (κ3) is 3.97. The highest BCUT2D eigenvalue weighted by atomic mass is 32.3. The maximum Gasteiger partial charge on any atom is 0.501 e. The molecule has 1 aliphatic heterocycles. The van der Waals surface area contributed by atoms with Crippen molar-refractivity contribution in [2.75, 3.05) is 0 Å². The zero-order chi connectivity index (χ0) is 18.2. The fraction of sp³-hybridized carbons (Fsp3) is 0.667. The number of aromatic hydroxyl groups is 1. The molecule has 24 heavy (non-hydrogen) atoms. The summed E-state index contributed by atoms with van der Waals surface area (Å²) in [5.41, 5.74) is 2.64. The summed E-state index contributed by atoms with van der Waals surface area (Å²) in [6.07, 6.45) is 2.10. The van der Waals surface area contributed by atoms with Gasteiger partial charge >= 0.3 is 10.4 Å². The molecule has 0 atom stereocenters. The van der Waals surface area contributed by atoms with Crippen LogP contribution >= 0.6 is 0 Å². The van der Waals surface area contributed by atoms with E-state index >= 15 is 0 Å². The average molecular weight is 356 g/mol. The Bertz CT molecular complexity index is 718. The van der Waals surface area contributed by atoms with Crippen LogP contribution in [0.25, 0.3) is 0 Å². The van der Waals surface area contributed by atoms with E-state index in [0.717, 1.165) is 23.1 Å². The summed E-state index contributed by atoms with van der Waals surface area (Å²) in [7, 11) is -4.14. The van der Waals surface area contributed by atoms with E-state index < -0.39 is 10.4 Å². The van der Waals surface area contributed by atoms with E-state index in [2.05, 4.69) is 41.5 Å². The van der Waals surface area contributed by atoms with Crippen molar-refractivity contribution in [3.63, 3.8) is 0 Å². The van der Waals surface area contributed by atoms with Gasteiger partial charge in [0, 0.05) is 11.1 Å². The fourth-order valence-electron chi connectivity index (χ4n) is 3.14. The molecule has 0 amide bonds. The molecular weight excluding hydrogens is 328 g/mol. The topological polar surface area (TPSA) is 72.8 Å². The summed E-state index contributed by atoms with van der Waals surface area (Å²) in [6, 6.07) is 0. The van der Waals surface area contributed by atoms with Gasteiger partial charge in [-0.25, -0.2) is 0 Å². The van der Waals surface area contributed by atoms with E-state index in [0.29, 0.717) is 30.6 Å². The lowest BCUT2D eigenvalue weighted by Gasteiger charge is -2.21. The minimum Gasteiger partial charge on any atom is -0.504 e. The van der Waals surface area contributed by atoms with Gasteiger partial charge < -0.3 is 13.5 Å².